The van der Waals surface area contributed by atoms with Crippen LogP contribution in [0.4, 0.5) is 5.69 Å². The van der Waals surface area contributed by atoms with Crippen LogP contribution in [-0.2, 0) is 11.2 Å². The summed E-state index contributed by atoms with van der Waals surface area (Å²) in [6.45, 7) is 2.00. The molecule has 0 atom stereocenters. The number of benzene rings is 2. The molecule has 1 heterocycles. The van der Waals surface area contributed by atoms with E-state index in [1.807, 2.05) is 31.2 Å². The highest BCUT2D eigenvalue weighted by atomic mass is 35.5. The van der Waals surface area contributed by atoms with Crippen LogP contribution in [-0.4, -0.2) is 10.9 Å². The Labute approximate surface area is 144 Å². The monoisotopic (exact) mass is 340 g/mol. The van der Waals surface area contributed by atoms with E-state index >= 15 is 0 Å². The lowest BCUT2D eigenvalue weighted by atomic mass is 10.1. The molecule has 4 nitrogen and oxygen atoms in total. The molecule has 3 aromatic rings. The van der Waals surface area contributed by atoms with Crippen molar-refractivity contribution in [2.75, 3.05) is 5.32 Å². The molecule has 0 aliphatic heterocycles. The number of amides is 1. The van der Waals surface area contributed by atoms with Gasteiger partial charge in [0, 0.05) is 28.2 Å². The molecule has 5 heteroatoms. The van der Waals surface area contributed by atoms with Gasteiger partial charge in [0.1, 0.15) is 0 Å². The van der Waals surface area contributed by atoms with Crippen molar-refractivity contribution in [2.45, 2.75) is 19.8 Å². The average molecular weight is 341 g/mol. The first kappa shape index (κ1) is 16.3. The van der Waals surface area contributed by atoms with Gasteiger partial charge in [-0.2, -0.15) is 0 Å². The Hall–Kier alpha value is -2.59. The van der Waals surface area contributed by atoms with Gasteiger partial charge in [0.2, 0.25) is 5.91 Å². The van der Waals surface area contributed by atoms with Gasteiger partial charge < -0.3 is 10.3 Å². The molecule has 0 radical (unpaired) electrons. The van der Waals surface area contributed by atoms with Crippen molar-refractivity contribution in [3.05, 3.63) is 75.0 Å². The minimum absolute atomic E-state index is 0.151. The van der Waals surface area contributed by atoms with Crippen LogP contribution >= 0.6 is 11.6 Å². The van der Waals surface area contributed by atoms with Crippen molar-refractivity contribution in [1.29, 1.82) is 0 Å². The number of anilines is 1. The molecular formula is C19H17ClN2O2. The number of aromatic amines is 1. The van der Waals surface area contributed by atoms with Gasteiger partial charge in [-0.25, -0.2) is 0 Å². The Bertz CT molecular complexity index is 963. The van der Waals surface area contributed by atoms with Gasteiger partial charge in [0.25, 0.3) is 5.56 Å². The molecule has 0 unspecified atom stereocenters. The predicted molar refractivity (Wildman–Crippen MR) is 97.7 cm³/mol. The molecule has 0 aliphatic rings. The molecule has 0 spiro atoms. The molecular weight excluding hydrogens is 324 g/mol. The standard InChI is InChI=1S/C19H17ClN2O2/c1-12-5-7-17-14(9-12)10-13(19(24)22-17)6-8-18(23)21-16-4-2-3-15(20)11-16/h2-5,7,9-11H,6,8H2,1H3,(H,21,23)(H,22,24). The lowest BCUT2D eigenvalue weighted by Gasteiger charge is -2.06. The smallest absolute Gasteiger partial charge is 0.251 e. The molecule has 0 saturated carbocycles. The third-order valence-corrected chi connectivity index (χ3v) is 4.04. The van der Waals surface area contributed by atoms with Crippen LogP contribution in [0, 0.1) is 6.92 Å². The van der Waals surface area contributed by atoms with Crippen molar-refractivity contribution in [3.8, 4) is 0 Å². The van der Waals surface area contributed by atoms with Crippen molar-refractivity contribution >= 4 is 34.1 Å². The maximum Gasteiger partial charge on any atom is 0.251 e. The lowest BCUT2D eigenvalue weighted by molar-refractivity contribution is -0.116. The van der Waals surface area contributed by atoms with Gasteiger partial charge in [0.05, 0.1) is 0 Å². The minimum Gasteiger partial charge on any atom is -0.326 e. The minimum atomic E-state index is -0.152. The third-order valence-electron chi connectivity index (χ3n) is 3.81. The Balaban J connectivity index is 1.72. The summed E-state index contributed by atoms with van der Waals surface area (Å²) in [4.78, 5) is 27.1. The van der Waals surface area contributed by atoms with Crippen molar-refractivity contribution in [3.63, 3.8) is 0 Å². The average Bonchev–Trinajstić information content (AvgIpc) is 2.53. The largest absolute Gasteiger partial charge is 0.326 e. The summed E-state index contributed by atoms with van der Waals surface area (Å²) in [7, 11) is 0. The van der Waals surface area contributed by atoms with Crippen molar-refractivity contribution < 1.29 is 4.79 Å². The van der Waals surface area contributed by atoms with E-state index in [4.69, 9.17) is 11.6 Å². The number of rotatable bonds is 4. The predicted octanol–water partition coefficient (Wildman–Crippen LogP) is 4.06. The number of carbonyl (C=O) groups excluding carboxylic acids is 1. The molecule has 122 valence electrons. The normalized spacial score (nSPS) is 10.8. The van der Waals surface area contributed by atoms with E-state index in [-0.39, 0.29) is 17.9 Å². The van der Waals surface area contributed by atoms with E-state index < -0.39 is 0 Å². The second kappa shape index (κ2) is 6.89. The van der Waals surface area contributed by atoms with Crippen LogP contribution in [0.15, 0.2) is 53.3 Å². The number of pyridine rings is 1. The van der Waals surface area contributed by atoms with Crippen LogP contribution < -0.4 is 10.9 Å². The molecule has 24 heavy (non-hydrogen) atoms. The zero-order chi connectivity index (χ0) is 17.1. The molecule has 2 N–H and O–H groups in total. The number of H-pyrrole nitrogens is 1. The van der Waals surface area contributed by atoms with E-state index in [0.29, 0.717) is 22.7 Å². The van der Waals surface area contributed by atoms with Crippen LogP contribution in [0.1, 0.15) is 17.5 Å². The molecule has 1 aromatic heterocycles. The number of nitrogens with one attached hydrogen (secondary N) is 2. The summed E-state index contributed by atoms with van der Waals surface area (Å²) in [6, 6.07) is 14.7. The summed E-state index contributed by atoms with van der Waals surface area (Å²) in [5.41, 5.74) is 3.03. The topological polar surface area (TPSA) is 62.0 Å². The molecule has 3 rings (SSSR count). The van der Waals surface area contributed by atoms with Crippen LogP contribution in [0.3, 0.4) is 0 Å². The van der Waals surface area contributed by atoms with E-state index in [1.165, 1.54) is 0 Å². The number of hydrogen-bond donors (Lipinski definition) is 2. The van der Waals surface area contributed by atoms with Gasteiger partial charge in [-0.1, -0.05) is 29.3 Å². The molecule has 0 saturated heterocycles. The fourth-order valence-corrected chi connectivity index (χ4v) is 2.79. The second-order valence-electron chi connectivity index (χ2n) is 5.77. The molecule has 0 bridgehead atoms. The number of aromatic nitrogens is 1. The van der Waals surface area contributed by atoms with Crippen LogP contribution in [0.2, 0.25) is 5.02 Å². The number of hydrogen-bond acceptors (Lipinski definition) is 2. The summed E-state index contributed by atoms with van der Waals surface area (Å²) in [5, 5.41) is 4.32. The van der Waals surface area contributed by atoms with E-state index in [1.54, 1.807) is 24.3 Å². The fraction of sp³-hybridized carbons (Fsp3) is 0.158. The highest BCUT2D eigenvalue weighted by Crippen LogP contribution is 2.16. The first-order valence-electron chi connectivity index (χ1n) is 7.69. The summed E-state index contributed by atoms with van der Waals surface area (Å²) < 4.78 is 0. The Morgan fingerprint density at radius 3 is 2.79 bits per heavy atom. The second-order valence-corrected chi connectivity index (χ2v) is 6.21. The molecule has 2 aromatic carbocycles. The van der Waals surface area contributed by atoms with Crippen LogP contribution in [0.5, 0.6) is 0 Å². The summed E-state index contributed by atoms with van der Waals surface area (Å²) >= 11 is 5.89. The van der Waals surface area contributed by atoms with E-state index in [9.17, 15) is 9.59 Å². The fourth-order valence-electron chi connectivity index (χ4n) is 2.59. The zero-order valence-electron chi connectivity index (χ0n) is 13.2. The van der Waals surface area contributed by atoms with Crippen molar-refractivity contribution in [2.24, 2.45) is 0 Å². The van der Waals surface area contributed by atoms with Gasteiger partial charge in [-0.05, 0) is 55.1 Å². The summed E-state index contributed by atoms with van der Waals surface area (Å²) in [5.74, 6) is -0.152. The SMILES string of the molecule is Cc1ccc2[nH]c(=O)c(CCC(=O)Nc3cccc(Cl)c3)cc2c1. The molecule has 1 amide bonds. The quantitative estimate of drug-likeness (QED) is 0.752. The number of carbonyl (C=O) groups is 1. The first-order valence-corrected chi connectivity index (χ1v) is 8.07. The van der Waals surface area contributed by atoms with Gasteiger partial charge in [-0.15, -0.1) is 0 Å². The highest BCUT2D eigenvalue weighted by Gasteiger charge is 2.08. The van der Waals surface area contributed by atoms with E-state index in [2.05, 4.69) is 10.3 Å². The maximum atomic E-state index is 12.1. The molecule has 0 aliphatic carbocycles. The van der Waals surface area contributed by atoms with Gasteiger partial charge in [-0.3, -0.25) is 9.59 Å². The van der Waals surface area contributed by atoms with E-state index in [0.717, 1.165) is 16.5 Å². The Morgan fingerprint density at radius 1 is 1.17 bits per heavy atom. The maximum absolute atomic E-state index is 12.1. The summed E-state index contributed by atoms with van der Waals surface area (Å²) in [6.07, 6.45) is 0.610. The lowest BCUT2D eigenvalue weighted by Crippen LogP contribution is -2.17. The Morgan fingerprint density at radius 2 is 2.00 bits per heavy atom. The van der Waals surface area contributed by atoms with Gasteiger partial charge >= 0.3 is 0 Å². The van der Waals surface area contributed by atoms with Crippen LogP contribution in [0.25, 0.3) is 10.9 Å². The Kier molecular flexibility index (Phi) is 4.67. The van der Waals surface area contributed by atoms with Gasteiger partial charge in [0.15, 0.2) is 0 Å². The number of halogens is 1. The first-order chi connectivity index (χ1) is 11.5. The zero-order valence-corrected chi connectivity index (χ0v) is 14.0. The third kappa shape index (κ3) is 3.84. The van der Waals surface area contributed by atoms with Crippen molar-refractivity contribution in [1.82, 2.24) is 4.98 Å². The number of aryl methyl sites for hydroxylation is 2. The number of fused-ring (bicyclic) bond motifs is 1. The molecule has 0 fully saturated rings. The highest BCUT2D eigenvalue weighted by molar-refractivity contribution is 6.30.